The van der Waals surface area contributed by atoms with Crippen molar-refractivity contribution in [2.24, 2.45) is 0 Å². The highest BCUT2D eigenvalue weighted by atomic mass is 32.2. The maximum atomic E-state index is 10.6. The van der Waals surface area contributed by atoms with Crippen LogP contribution in [-0.2, 0) is 10.1 Å². The van der Waals surface area contributed by atoms with E-state index in [0.29, 0.717) is 24.5 Å². The molecule has 0 amide bonds. The number of hydrogen-bond donors (Lipinski definition) is 1. The van der Waals surface area contributed by atoms with Gasteiger partial charge in [-0.05, 0) is 6.42 Å². The number of anilines is 1. The van der Waals surface area contributed by atoms with Crippen LogP contribution in [0.2, 0.25) is 0 Å². The fraction of sp³-hybridized carbons (Fsp3) is 0.500. The Bertz CT molecular complexity index is 493. The molecule has 1 aromatic rings. The zero-order valence-corrected chi connectivity index (χ0v) is 12.1. The molecule has 0 aliphatic rings. The summed E-state index contributed by atoms with van der Waals surface area (Å²) in [5, 5.41) is 0. The maximum absolute atomic E-state index is 10.6. The van der Waals surface area contributed by atoms with Crippen molar-refractivity contribution in [1.29, 1.82) is 0 Å². The Hall–Kier alpha value is -1.47. The first-order valence-corrected chi connectivity index (χ1v) is 7.36. The number of benzene rings is 1. The molecule has 0 aliphatic heterocycles. The molecule has 0 heterocycles. The van der Waals surface area contributed by atoms with E-state index >= 15 is 0 Å². The van der Waals surface area contributed by atoms with Gasteiger partial charge in [0.15, 0.2) is 0 Å². The number of methoxy groups -OCH3 is 2. The molecule has 0 radical (unpaired) electrons. The maximum Gasteiger partial charge on any atom is 0.264 e. The van der Waals surface area contributed by atoms with Crippen molar-refractivity contribution in [1.82, 2.24) is 0 Å². The van der Waals surface area contributed by atoms with Crippen LogP contribution in [0.25, 0.3) is 0 Å². The molecule has 0 bridgehead atoms. The highest BCUT2D eigenvalue weighted by molar-refractivity contribution is 7.85. The second kappa shape index (κ2) is 6.63. The summed E-state index contributed by atoms with van der Waals surface area (Å²) in [4.78, 5) is 1.87. The van der Waals surface area contributed by atoms with E-state index in [1.165, 1.54) is 0 Å². The predicted octanol–water partition coefficient (Wildman–Crippen LogP) is 1.42. The topological polar surface area (TPSA) is 76.1 Å². The van der Waals surface area contributed by atoms with Crippen molar-refractivity contribution >= 4 is 15.8 Å². The normalized spacial score (nSPS) is 11.2. The van der Waals surface area contributed by atoms with Crippen LogP contribution in [-0.4, -0.2) is 46.5 Å². The average molecular weight is 289 g/mol. The zero-order valence-electron chi connectivity index (χ0n) is 11.3. The Morgan fingerprint density at radius 1 is 1.16 bits per heavy atom. The second-order valence-corrected chi connectivity index (χ2v) is 5.70. The largest absolute Gasteiger partial charge is 0.497 e. The van der Waals surface area contributed by atoms with E-state index in [1.54, 1.807) is 20.3 Å². The molecule has 0 spiro atoms. The van der Waals surface area contributed by atoms with Crippen LogP contribution in [0.5, 0.6) is 11.5 Å². The monoisotopic (exact) mass is 289 g/mol. The van der Waals surface area contributed by atoms with E-state index in [9.17, 15) is 8.42 Å². The Balaban J connectivity index is 2.73. The second-order valence-electron chi connectivity index (χ2n) is 4.13. The van der Waals surface area contributed by atoms with Crippen molar-refractivity contribution < 1.29 is 22.4 Å². The number of ether oxygens (including phenoxy) is 2. The lowest BCUT2D eigenvalue weighted by Gasteiger charge is -2.20. The van der Waals surface area contributed by atoms with E-state index in [4.69, 9.17) is 14.0 Å². The van der Waals surface area contributed by atoms with Crippen molar-refractivity contribution in [3.63, 3.8) is 0 Å². The van der Waals surface area contributed by atoms with Gasteiger partial charge >= 0.3 is 0 Å². The fourth-order valence-electron chi connectivity index (χ4n) is 1.63. The minimum Gasteiger partial charge on any atom is -0.497 e. The lowest BCUT2D eigenvalue weighted by Crippen LogP contribution is -2.21. The minimum absolute atomic E-state index is 0.252. The molecule has 0 saturated heterocycles. The van der Waals surface area contributed by atoms with Crippen LogP contribution in [0.15, 0.2) is 18.2 Å². The molecule has 0 unspecified atom stereocenters. The van der Waals surface area contributed by atoms with E-state index < -0.39 is 10.1 Å². The first-order chi connectivity index (χ1) is 8.85. The van der Waals surface area contributed by atoms with Crippen LogP contribution < -0.4 is 14.4 Å². The predicted molar refractivity (Wildman–Crippen MR) is 73.8 cm³/mol. The van der Waals surface area contributed by atoms with E-state index in [2.05, 4.69) is 0 Å². The molecular weight excluding hydrogens is 270 g/mol. The summed E-state index contributed by atoms with van der Waals surface area (Å²) in [5.74, 6) is 1.07. The molecule has 7 heteroatoms. The van der Waals surface area contributed by atoms with Gasteiger partial charge in [-0.3, -0.25) is 4.55 Å². The molecular formula is C12H19NO5S. The Labute approximate surface area is 113 Å². The van der Waals surface area contributed by atoms with E-state index in [-0.39, 0.29) is 5.75 Å². The summed E-state index contributed by atoms with van der Waals surface area (Å²) in [6, 6.07) is 5.42. The van der Waals surface area contributed by atoms with E-state index in [0.717, 1.165) is 5.69 Å². The van der Waals surface area contributed by atoms with Gasteiger partial charge < -0.3 is 14.4 Å². The van der Waals surface area contributed by atoms with Gasteiger partial charge in [0, 0.05) is 37.5 Å². The lowest BCUT2D eigenvalue weighted by molar-refractivity contribution is 0.394. The Morgan fingerprint density at radius 3 is 2.11 bits per heavy atom. The van der Waals surface area contributed by atoms with Gasteiger partial charge in [-0.25, -0.2) is 0 Å². The van der Waals surface area contributed by atoms with Gasteiger partial charge in [0.1, 0.15) is 11.5 Å². The molecule has 0 saturated carbocycles. The summed E-state index contributed by atoms with van der Waals surface area (Å²) in [7, 11) is 1.06. The van der Waals surface area contributed by atoms with Crippen molar-refractivity contribution in [2.45, 2.75) is 6.42 Å². The van der Waals surface area contributed by atoms with E-state index in [1.807, 2.05) is 24.1 Å². The Morgan fingerprint density at radius 2 is 1.68 bits per heavy atom. The molecule has 0 atom stereocenters. The summed E-state index contributed by atoms with van der Waals surface area (Å²) in [6.07, 6.45) is 0.342. The molecule has 108 valence electrons. The average Bonchev–Trinajstić information content (AvgIpc) is 2.36. The molecule has 0 aliphatic carbocycles. The van der Waals surface area contributed by atoms with Gasteiger partial charge in [0.05, 0.1) is 20.0 Å². The van der Waals surface area contributed by atoms with Gasteiger partial charge in [-0.1, -0.05) is 0 Å². The highest BCUT2D eigenvalue weighted by Crippen LogP contribution is 2.27. The van der Waals surface area contributed by atoms with Crippen molar-refractivity contribution in [3.8, 4) is 11.5 Å². The van der Waals surface area contributed by atoms with Crippen LogP contribution in [0, 0.1) is 0 Å². The third kappa shape index (κ3) is 5.35. The van der Waals surface area contributed by atoms with Crippen molar-refractivity contribution in [2.75, 3.05) is 38.5 Å². The first kappa shape index (κ1) is 15.6. The smallest absolute Gasteiger partial charge is 0.264 e. The van der Waals surface area contributed by atoms with Gasteiger partial charge in [-0.2, -0.15) is 8.42 Å². The molecule has 0 fully saturated rings. The SMILES string of the molecule is COc1cc(OC)cc(N(C)CCCS(=O)(=O)O)c1. The number of nitrogens with zero attached hydrogens (tertiary/aromatic N) is 1. The first-order valence-electron chi connectivity index (χ1n) is 5.75. The standard InChI is InChI=1S/C12H19NO5S/c1-13(5-4-6-19(14,15)16)10-7-11(17-2)9-12(8-10)18-3/h7-9H,4-6H2,1-3H3,(H,14,15,16). The Kier molecular flexibility index (Phi) is 5.44. The van der Waals surface area contributed by atoms with Gasteiger partial charge in [0.25, 0.3) is 10.1 Å². The third-order valence-electron chi connectivity index (χ3n) is 2.67. The molecule has 19 heavy (non-hydrogen) atoms. The summed E-state index contributed by atoms with van der Waals surface area (Å²) in [6.45, 7) is 0.496. The number of rotatable bonds is 7. The molecule has 1 aromatic carbocycles. The summed E-state index contributed by atoms with van der Waals surface area (Å²) < 4.78 is 40.3. The zero-order chi connectivity index (χ0) is 14.5. The number of hydrogen-bond acceptors (Lipinski definition) is 5. The third-order valence-corrected chi connectivity index (χ3v) is 3.48. The van der Waals surface area contributed by atoms with Gasteiger partial charge in [-0.15, -0.1) is 0 Å². The fourth-order valence-corrected chi connectivity index (χ4v) is 2.12. The van der Waals surface area contributed by atoms with Crippen LogP contribution >= 0.6 is 0 Å². The van der Waals surface area contributed by atoms with Crippen molar-refractivity contribution in [3.05, 3.63) is 18.2 Å². The van der Waals surface area contributed by atoms with Gasteiger partial charge in [0.2, 0.25) is 0 Å². The van der Waals surface area contributed by atoms with Crippen LogP contribution in [0.1, 0.15) is 6.42 Å². The summed E-state index contributed by atoms with van der Waals surface area (Å²) >= 11 is 0. The minimum atomic E-state index is -3.90. The van der Waals surface area contributed by atoms with Crippen LogP contribution in [0.4, 0.5) is 5.69 Å². The molecule has 1 rings (SSSR count). The molecule has 1 N–H and O–H groups in total. The highest BCUT2D eigenvalue weighted by Gasteiger charge is 2.09. The lowest BCUT2D eigenvalue weighted by atomic mass is 10.2. The quantitative estimate of drug-likeness (QED) is 0.765. The molecule has 0 aromatic heterocycles. The summed E-state index contributed by atoms with van der Waals surface area (Å²) in [5.41, 5.74) is 0.853. The van der Waals surface area contributed by atoms with Crippen LogP contribution in [0.3, 0.4) is 0 Å². The molecule has 6 nitrogen and oxygen atoms in total.